The minimum Gasteiger partial charge on any atom is -0.394 e. The van der Waals surface area contributed by atoms with Gasteiger partial charge in [-0.05, 0) is 83.5 Å². The van der Waals surface area contributed by atoms with Crippen LogP contribution in [0.5, 0.6) is 0 Å². The molecule has 2 unspecified atom stereocenters. The van der Waals surface area contributed by atoms with Gasteiger partial charge in [-0.2, -0.15) is 0 Å². The van der Waals surface area contributed by atoms with E-state index in [-0.39, 0.29) is 12.5 Å². The van der Waals surface area contributed by atoms with Crippen LogP contribution < -0.4 is 5.32 Å². The van der Waals surface area contributed by atoms with Crippen LogP contribution in [0.15, 0.2) is 85.1 Å². The van der Waals surface area contributed by atoms with Crippen molar-refractivity contribution >= 4 is 5.91 Å². The Morgan fingerprint density at radius 3 is 1.08 bits per heavy atom. The second-order valence-corrected chi connectivity index (χ2v) is 19.0. The summed E-state index contributed by atoms with van der Waals surface area (Å²) in [6.45, 7) is 4.19. The van der Waals surface area contributed by atoms with Crippen LogP contribution >= 0.6 is 0 Å². The lowest BCUT2D eigenvalue weighted by atomic mass is 10.0. The Morgan fingerprint density at radius 1 is 0.385 bits per heavy atom. The van der Waals surface area contributed by atoms with Gasteiger partial charge in [-0.1, -0.05) is 272 Å². The predicted molar refractivity (Wildman–Crippen MR) is 290 cm³/mol. The number of aliphatic hydroxyl groups excluding tert-OH is 2. The van der Waals surface area contributed by atoms with E-state index in [1.165, 1.54) is 193 Å². The van der Waals surface area contributed by atoms with Crippen molar-refractivity contribution in [1.29, 1.82) is 0 Å². The molecule has 0 spiro atoms. The molecule has 0 aromatic carbocycles. The van der Waals surface area contributed by atoms with Gasteiger partial charge < -0.3 is 15.5 Å². The van der Waals surface area contributed by atoms with Crippen molar-refractivity contribution in [2.24, 2.45) is 0 Å². The summed E-state index contributed by atoms with van der Waals surface area (Å²) in [5, 5.41) is 23.1. The summed E-state index contributed by atoms with van der Waals surface area (Å²) < 4.78 is 0. The fraction of sp³-hybridized carbons (Fsp3) is 0.754. The van der Waals surface area contributed by atoms with Crippen molar-refractivity contribution in [2.45, 2.75) is 289 Å². The van der Waals surface area contributed by atoms with Crippen LogP contribution in [0.25, 0.3) is 0 Å². The van der Waals surface area contributed by atoms with E-state index in [1.54, 1.807) is 6.08 Å². The zero-order valence-electron chi connectivity index (χ0n) is 43.2. The third-order valence-corrected chi connectivity index (χ3v) is 12.6. The highest BCUT2D eigenvalue weighted by atomic mass is 16.3. The average molecular weight is 905 g/mol. The molecule has 0 rings (SSSR count). The number of hydrogen-bond acceptors (Lipinski definition) is 3. The molecular weight excluding hydrogens is 795 g/mol. The number of allylic oxidation sites excluding steroid dienone is 13. The Labute approximate surface area is 405 Å². The van der Waals surface area contributed by atoms with Crippen LogP contribution in [0.1, 0.15) is 277 Å². The van der Waals surface area contributed by atoms with Crippen LogP contribution in [-0.4, -0.2) is 34.9 Å². The molecule has 0 saturated carbocycles. The lowest BCUT2D eigenvalue weighted by Crippen LogP contribution is -2.45. The molecule has 0 fully saturated rings. The van der Waals surface area contributed by atoms with Gasteiger partial charge >= 0.3 is 0 Å². The number of hydrogen-bond donors (Lipinski definition) is 3. The van der Waals surface area contributed by atoms with Gasteiger partial charge in [0.2, 0.25) is 5.91 Å². The van der Waals surface area contributed by atoms with Crippen LogP contribution in [0.2, 0.25) is 0 Å². The van der Waals surface area contributed by atoms with Gasteiger partial charge in [0, 0.05) is 6.42 Å². The summed E-state index contributed by atoms with van der Waals surface area (Å²) in [5.74, 6) is -0.0765. The fourth-order valence-electron chi connectivity index (χ4n) is 8.32. The van der Waals surface area contributed by atoms with E-state index in [4.69, 9.17) is 0 Å². The SMILES string of the molecule is CC/C=C\C/C=C\C/C=C\C/C=C\CCCCCCCCCCCCCCCCCCCCCCC(=O)NC(CO)C(O)/C=C/CC/C=C/CC/C=C/CCCCCCCCCCCC. The van der Waals surface area contributed by atoms with Crippen molar-refractivity contribution in [3.05, 3.63) is 85.1 Å². The molecular formula is C61H109NO3. The Morgan fingerprint density at radius 2 is 0.692 bits per heavy atom. The second kappa shape index (κ2) is 55.9. The molecule has 376 valence electrons. The van der Waals surface area contributed by atoms with Crippen molar-refractivity contribution in [1.82, 2.24) is 5.32 Å². The first-order valence-electron chi connectivity index (χ1n) is 28.3. The van der Waals surface area contributed by atoms with Gasteiger partial charge in [0.15, 0.2) is 0 Å². The molecule has 0 aromatic rings. The summed E-state index contributed by atoms with van der Waals surface area (Å²) in [6, 6.07) is -0.648. The summed E-state index contributed by atoms with van der Waals surface area (Å²) >= 11 is 0. The quantitative estimate of drug-likeness (QED) is 0.0421. The molecule has 1 amide bonds. The van der Waals surface area contributed by atoms with E-state index in [0.29, 0.717) is 6.42 Å². The number of amides is 1. The first-order valence-corrected chi connectivity index (χ1v) is 28.3. The maximum absolute atomic E-state index is 12.5. The minimum atomic E-state index is -0.873. The van der Waals surface area contributed by atoms with Gasteiger partial charge in [0.05, 0.1) is 18.8 Å². The van der Waals surface area contributed by atoms with Gasteiger partial charge in [-0.3, -0.25) is 4.79 Å². The number of unbranched alkanes of at least 4 members (excludes halogenated alkanes) is 32. The standard InChI is InChI=1S/C61H109NO3/c1-3-5-7-9-11-13-15-17-19-21-23-25-26-27-28-29-30-31-32-33-34-35-36-37-39-41-43-45-47-49-51-53-55-57-61(65)62-59(58-63)60(64)56-54-52-50-48-46-44-42-40-38-24-22-20-18-16-14-12-10-8-6-4-2/h5,7,11,13,17,19,23,25,38,40,46,48,54,56,59-60,63-64H,3-4,6,8-10,12,14-16,18,20-22,24,26-37,39,41-45,47,49-53,55,57-58H2,1-2H3,(H,62,65)/b7-5-,13-11-,19-17-,25-23-,40-38+,48-46+,56-54+. The van der Waals surface area contributed by atoms with Crippen molar-refractivity contribution in [3.63, 3.8) is 0 Å². The summed E-state index contributed by atoms with van der Waals surface area (Å²) in [4.78, 5) is 12.5. The molecule has 3 N–H and O–H groups in total. The van der Waals surface area contributed by atoms with E-state index in [2.05, 4.69) is 92.1 Å². The smallest absolute Gasteiger partial charge is 0.220 e. The summed E-state index contributed by atoms with van der Waals surface area (Å²) in [5.41, 5.74) is 0. The van der Waals surface area contributed by atoms with E-state index in [0.717, 1.165) is 64.2 Å². The monoisotopic (exact) mass is 904 g/mol. The molecule has 2 atom stereocenters. The Kier molecular flexibility index (Phi) is 53.8. The molecule has 4 heteroatoms. The van der Waals surface area contributed by atoms with Gasteiger partial charge in [0.25, 0.3) is 0 Å². The van der Waals surface area contributed by atoms with Crippen LogP contribution in [0, 0.1) is 0 Å². The number of aliphatic hydroxyl groups is 2. The van der Waals surface area contributed by atoms with Gasteiger partial charge in [-0.15, -0.1) is 0 Å². The highest BCUT2D eigenvalue weighted by Gasteiger charge is 2.18. The third kappa shape index (κ3) is 52.4. The normalized spacial score (nSPS) is 13.5. The summed E-state index contributed by atoms with van der Waals surface area (Å²) in [7, 11) is 0. The van der Waals surface area contributed by atoms with E-state index >= 15 is 0 Å². The molecule has 0 aliphatic carbocycles. The van der Waals surface area contributed by atoms with E-state index in [1.807, 2.05) is 6.08 Å². The third-order valence-electron chi connectivity index (χ3n) is 12.6. The van der Waals surface area contributed by atoms with E-state index < -0.39 is 12.1 Å². The highest BCUT2D eigenvalue weighted by molar-refractivity contribution is 5.76. The Balaban J connectivity index is 3.52. The Bertz CT molecular complexity index is 1160. The van der Waals surface area contributed by atoms with E-state index in [9.17, 15) is 15.0 Å². The zero-order chi connectivity index (χ0) is 47.0. The van der Waals surface area contributed by atoms with Crippen molar-refractivity contribution in [2.75, 3.05) is 6.61 Å². The molecule has 65 heavy (non-hydrogen) atoms. The molecule has 4 nitrogen and oxygen atoms in total. The molecule has 0 aliphatic heterocycles. The average Bonchev–Trinajstić information content (AvgIpc) is 3.31. The number of rotatable bonds is 51. The van der Waals surface area contributed by atoms with Crippen molar-refractivity contribution in [3.8, 4) is 0 Å². The maximum Gasteiger partial charge on any atom is 0.220 e. The van der Waals surface area contributed by atoms with Crippen molar-refractivity contribution < 1.29 is 15.0 Å². The first-order chi connectivity index (χ1) is 32.2. The van der Waals surface area contributed by atoms with Crippen LogP contribution in [0.3, 0.4) is 0 Å². The highest BCUT2D eigenvalue weighted by Crippen LogP contribution is 2.16. The number of carbonyl (C=O) groups excluding carboxylic acids is 1. The van der Waals surface area contributed by atoms with Crippen LogP contribution in [0.4, 0.5) is 0 Å². The Hall–Kier alpha value is -2.43. The number of carbonyl (C=O) groups is 1. The lowest BCUT2D eigenvalue weighted by molar-refractivity contribution is -0.123. The molecule has 0 aromatic heterocycles. The number of nitrogens with one attached hydrogen (secondary N) is 1. The molecule has 0 bridgehead atoms. The largest absolute Gasteiger partial charge is 0.394 e. The predicted octanol–water partition coefficient (Wildman–Crippen LogP) is 18.8. The van der Waals surface area contributed by atoms with Gasteiger partial charge in [0.1, 0.15) is 0 Å². The van der Waals surface area contributed by atoms with Crippen LogP contribution in [-0.2, 0) is 4.79 Å². The first kappa shape index (κ1) is 62.6. The lowest BCUT2D eigenvalue weighted by Gasteiger charge is -2.19. The molecule has 0 heterocycles. The van der Waals surface area contributed by atoms with Gasteiger partial charge in [-0.25, -0.2) is 0 Å². The zero-order valence-corrected chi connectivity index (χ0v) is 43.2. The minimum absolute atomic E-state index is 0.0765. The topological polar surface area (TPSA) is 69.6 Å². The molecule has 0 aliphatic rings. The maximum atomic E-state index is 12.5. The second-order valence-electron chi connectivity index (χ2n) is 19.0. The fourth-order valence-corrected chi connectivity index (χ4v) is 8.32. The summed E-state index contributed by atoms with van der Waals surface area (Å²) in [6.07, 6.45) is 81.8. The molecule has 0 saturated heterocycles. The molecule has 0 radical (unpaired) electrons.